The molecule has 0 spiro atoms. The maximum absolute atomic E-state index is 11.2. The van der Waals surface area contributed by atoms with Gasteiger partial charge < -0.3 is 14.6 Å². The highest BCUT2D eigenvalue weighted by Gasteiger charge is 2.39. The van der Waals surface area contributed by atoms with Crippen LogP contribution < -0.4 is 0 Å². The molecule has 16 heavy (non-hydrogen) atoms. The number of carboxylic acids is 1. The maximum atomic E-state index is 11.2. The van der Waals surface area contributed by atoms with Gasteiger partial charge in [-0.25, -0.2) is 4.79 Å². The van der Waals surface area contributed by atoms with Gasteiger partial charge >= 0.3 is 5.97 Å². The summed E-state index contributed by atoms with van der Waals surface area (Å²) in [5.74, 6) is -1.95. The van der Waals surface area contributed by atoms with E-state index in [1.54, 1.807) is 6.92 Å². The van der Waals surface area contributed by atoms with Crippen LogP contribution in [0, 0.1) is 11.8 Å². The Kier molecular flexibility index (Phi) is 6.60. The molecule has 0 radical (unpaired) electrons. The Labute approximate surface area is 97.9 Å². The van der Waals surface area contributed by atoms with Gasteiger partial charge in [0.1, 0.15) is 0 Å². The highest BCUT2D eigenvalue weighted by atomic mass is 16.7. The Bertz CT molecular complexity index is 199. The zero-order valence-electron chi connectivity index (χ0n) is 10.9. The molecule has 0 unspecified atom stereocenters. The highest BCUT2D eigenvalue weighted by Crippen LogP contribution is 2.20. The lowest BCUT2D eigenvalue weighted by molar-refractivity contribution is -0.251. The number of rotatable bonds is 8. The first-order valence-corrected chi connectivity index (χ1v) is 5.85. The quantitative estimate of drug-likeness (QED) is 0.653. The molecule has 0 amide bonds. The van der Waals surface area contributed by atoms with Crippen molar-refractivity contribution in [1.82, 2.24) is 0 Å². The van der Waals surface area contributed by atoms with Gasteiger partial charge in [-0.1, -0.05) is 34.6 Å². The average Bonchev–Trinajstić information content (AvgIpc) is 2.17. The first-order chi connectivity index (χ1) is 7.34. The third kappa shape index (κ3) is 4.94. The van der Waals surface area contributed by atoms with Crippen LogP contribution in [-0.4, -0.2) is 30.1 Å². The van der Waals surface area contributed by atoms with Crippen molar-refractivity contribution >= 4 is 5.97 Å². The molecule has 0 aliphatic heterocycles. The van der Waals surface area contributed by atoms with Crippen LogP contribution in [0.4, 0.5) is 0 Å². The monoisotopic (exact) mass is 232 g/mol. The number of carboxylic acid groups (broad SMARTS) is 1. The molecular weight excluding hydrogens is 208 g/mol. The molecule has 0 aliphatic carbocycles. The lowest BCUT2D eigenvalue weighted by atomic mass is 10.2. The van der Waals surface area contributed by atoms with Crippen molar-refractivity contribution in [2.75, 3.05) is 13.2 Å². The SMILES string of the molecule is CCC(OCC(C)C)(OCC(C)C)C(=O)O. The second-order valence-electron chi connectivity index (χ2n) is 4.82. The number of hydrogen-bond donors (Lipinski definition) is 1. The summed E-state index contributed by atoms with van der Waals surface area (Å²) in [6.45, 7) is 10.4. The van der Waals surface area contributed by atoms with E-state index in [-0.39, 0.29) is 11.8 Å². The van der Waals surface area contributed by atoms with E-state index in [9.17, 15) is 9.90 Å². The summed E-state index contributed by atoms with van der Waals surface area (Å²) in [7, 11) is 0. The van der Waals surface area contributed by atoms with E-state index in [2.05, 4.69) is 0 Å². The molecule has 0 bridgehead atoms. The van der Waals surface area contributed by atoms with E-state index >= 15 is 0 Å². The standard InChI is InChI=1S/C12H24O4/c1-6-12(11(13)14,15-7-9(2)3)16-8-10(4)5/h9-10H,6-8H2,1-5H3,(H,13,14). The van der Waals surface area contributed by atoms with Crippen LogP contribution in [0.25, 0.3) is 0 Å². The molecule has 4 heteroatoms. The molecule has 4 nitrogen and oxygen atoms in total. The van der Waals surface area contributed by atoms with Crippen molar-refractivity contribution in [2.24, 2.45) is 11.8 Å². The average molecular weight is 232 g/mol. The predicted molar refractivity (Wildman–Crippen MR) is 62.2 cm³/mol. The number of ether oxygens (including phenoxy) is 2. The van der Waals surface area contributed by atoms with Crippen LogP contribution in [0.3, 0.4) is 0 Å². The molecule has 0 atom stereocenters. The third-order valence-electron chi connectivity index (χ3n) is 2.09. The van der Waals surface area contributed by atoms with E-state index < -0.39 is 11.8 Å². The fraction of sp³-hybridized carbons (Fsp3) is 0.917. The molecular formula is C12H24O4. The number of aliphatic carboxylic acids is 1. The van der Waals surface area contributed by atoms with Gasteiger partial charge in [-0.2, -0.15) is 0 Å². The van der Waals surface area contributed by atoms with Crippen LogP contribution in [0.2, 0.25) is 0 Å². The van der Waals surface area contributed by atoms with Crippen molar-refractivity contribution in [1.29, 1.82) is 0 Å². The second-order valence-corrected chi connectivity index (χ2v) is 4.82. The second kappa shape index (κ2) is 6.86. The van der Waals surface area contributed by atoms with Crippen molar-refractivity contribution < 1.29 is 19.4 Å². The van der Waals surface area contributed by atoms with Gasteiger partial charge in [0.15, 0.2) is 0 Å². The molecule has 0 saturated heterocycles. The smallest absolute Gasteiger partial charge is 0.364 e. The van der Waals surface area contributed by atoms with E-state index in [0.29, 0.717) is 19.6 Å². The zero-order valence-corrected chi connectivity index (χ0v) is 10.9. The van der Waals surface area contributed by atoms with Gasteiger partial charge in [0, 0.05) is 6.42 Å². The molecule has 96 valence electrons. The summed E-state index contributed by atoms with van der Waals surface area (Å²) < 4.78 is 10.9. The summed E-state index contributed by atoms with van der Waals surface area (Å²) in [5.41, 5.74) is 0. The van der Waals surface area contributed by atoms with Gasteiger partial charge in [0.2, 0.25) is 0 Å². The first kappa shape index (κ1) is 15.4. The molecule has 1 N–H and O–H groups in total. The Morgan fingerprint density at radius 1 is 1.12 bits per heavy atom. The van der Waals surface area contributed by atoms with Crippen LogP contribution in [-0.2, 0) is 14.3 Å². The largest absolute Gasteiger partial charge is 0.477 e. The van der Waals surface area contributed by atoms with Gasteiger partial charge in [-0.15, -0.1) is 0 Å². The predicted octanol–water partition coefficient (Wildman–Crippen LogP) is 2.52. The van der Waals surface area contributed by atoms with Crippen LogP contribution in [0.5, 0.6) is 0 Å². The topological polar surface area (TPSA) is 55.8 Å². The molecule has 0 aromatic carbocycles. The number of hydrogen-bond acceptors (Lipinski definition) is 3. The Morgan fingerprint density at radius 2 is 1.50 bits per heavy atom. The van der Waals surface area contributed by atoms with Gasteiger partial charge in [0.05, 0.1) is 13.2 Å². The lowest BCUT2D eigenvalue weighted by Gasteiger charge is -2.30. The fourth-order valence-corrected chi connectivity index (χ4v) is 1.12. The van der Waals surface area contributed by atoms with Crippen molar-refractivity contribution in [3.05, 3.63) is 0 Å². The van der Waals surface area contributed by atoms with Gasteiger partial charge in [0.25, 0.3) is 5.79 Å². The van der Waals surface area contributed by atoms with Crippen molar-refractivity contribution in [3.63, 3.8) is 0 Å². The summed E-state index contributed by atoms with van der Waals surface area (Å²) in [6, 6.07) is 0. The minimum absolute atomic E-state index is 0.285. The van der Waals surface area contributed by atoms with Crippen LogP contribution >= 0.6 is 0 Å². The summed E-state index contributed by atoms with van der Waals surface area (Å²) in [6.07, 6.45) is 0.307. The summed E-state index contributed by atoms with van der Waals surface area (Å²) in [5, 5.41) is 9.20. The molecule has 0 heterocycles. The van der Waals surface area contributed by atoms with E-state index in [0.717, 1.165) is 0 Å². The van der Waals surface area contributed by atoms with Crippen LogP contribution in [0.15, 0.2) is 0 Å². The van der Waals surface area contributed by atoms with E-state index in [1.165, 1.54) is 0 Å². The first-order valence-electron chi connectivity index (χ1n) is 5.85. The molecule has 0 aromatic rings. The third-order valence-corrected chi connectivity index (χ3v) is 2.09. The number of carbonyl (C=O) groups is 1. The summed E-state index contributed by atoms with van der Waals surface area (Å²) >= 11 is 0. The van der Waals surface area contributed by atoms with Crippen LogP contribution in [0.1, 0.15) is 41.0 Å². The summed E-state index contributed by atoms with van der Waals surface area (Å²) in [4.78, 5) is 11.2. The van der Waals surface area contributed by atoms with Crippen molar-refractivity contribution in [3.8, 4) is 0 Å². The zero-order chi connectivity index (χ0) is 12.8. The molecule has 0 saturated carbocycles. The van der Waals surface area contributed by atoms with Crippen molar-refractivity contribution in [2.45, 2.75) is 46.8 Å². The molecule has 0 aromatic heterocycles. The van der Waals surface area contributed by atoms with Gasteiger partial charge in [-0.05, 0) is 11.8 Å². The Balaban J connectivity index is 4.51. The lowest BCUT2D eigenvalue weighted by Crippen LogP contribution is -2.45. The normalized spacial score (nSPS) is 12.4. The highest BCUT2D eigenvalue weighted by molar-refractivity contribution is 5.75. The minimum Gasteiger partial charge on any atom is -0.477 e. The minimum atomic E-state index is -1.48. The Hall–Kier alpha value is -0.610. The molecule has 0 fully saturated rings. The maximum Gasteiger partial charge on any atom is 0.364 e. The van der Waals surface area contributed by atoms with Gasteiger partial charge in [-0.3, -0.25) is 0 Å². The Morgan fingerprint density at radius 3 is 1.69 bits per heavy atom. The fourth-order valence-electron chi connectivity index (χ4n) is 1.12. The van der Waals surface area contributed by atoms with E-state index in [4.69, 9.17) is 9.47 Å². The molecule has 0 rings (SSSR count). The van der Waals surface area contributed by atoms with E-state index in [1.807, 2.05) is 27.7 Å². The molecule has 0 aliphatic rings.